The van der Waals surface area contributed by atoms with Crippen LogP contribution in [0.2, 0.25) is 0 Å². The number of aromatic nitrogens is 1. The summed E-state index contributed by atoms with van der Waals surface area (Å²) in [6.45, 7) is 1.86. The number of ether oxygens (including phenoxy) is 2. The van der Waals surface area contributed by atoms with Crippen molar-refractivity contribution in [3.8, 4) is 11.5 Å². The molecule has 20 heavy (non-hydrogen) atoms. The van der Waals surface area contributed by atoms with E-state index in [0.29, 0.717) is 25.6 Å². The highest BCUT2D eigenvalue weighted by Crippen LogP contribution is 2.30. The number of hydrogen-bond acceptors (Lipinski definition) is 4. The Labute approximate surface area is 116 Å². The van der Waals surface area contributed by atoms with E-state index in [2.05, 4.69) is 10.3 Å². The molecule has 2 heterocycles. The molecule has 2 aromatic rings. The zero-order valence-electron chi connectivity index (χ0n) is 10.9. The van der Waals surface area contributed by atoms with Crippen LogP contribution in [0.3, 0.4) is 0 Å². The molecule has 0 bridgehead atoms. The number of nitrogens with one attached hydrogen (secondary N) is 1. The molecule has 0 radical (unpaired) electrons. The van der Waals surface area contributed by atoms with E-state index in [4.69, 9.17) is 9.47 Å². The minimum Gasteiger partial charge on any atom is -0.486 e. The van der Waals surface area contributed by atoms with Crippen molar-refractivity contribution in [2.75, 3.05) is 25.1 Å². The number of pyridine rings is 1. The van der Waals surface area contributed by atoms with E-state index in [-0.39, 0.29) is 0 Å². The van der Waals surface area contributed by atoms with Crippen LogP contribution in [-0.4, -0.2) is 24.7 Å². The number of halogens is 1. The predicted octanol–water partition coefficient (Wildman–Crippen LogP) is 2.65. The SMILES string of the molecule is Fc1cccc(NCCc2ccc3c(c2)OCCO3)n1. The Kier molecular flexibility index (Phi) is 3.67. The first-order chi connectivity index (χ1) is 9.81. The fourth-order valence-electron chi connectivity index (χ4n) is 2.08. The number of anilines is 1. The summed E-state index contributed by atoms with van der Waals surface area (Å²) in [5.41, 5.74) is 1.14. The highest BCUT2D eigenvalue weighted by atomic mass is 19.1. The lowest BCUT2D eigenvalue weighted by molar-refractivity contribution is 0.171. The first-order valence-electron chi connectivity index (χ1n) is 6.56. The minimum atomic E-state index is -0.477. The topological polar surface area (TPSA) is 43.4 Å². The molecule has 0 fully saturated rings. The van der Waals surface area contributed by atoms with E-state index in [0.717, 1.165) is 23.5 Å². The van der Waals surface area contributed by atoms with E-state index < -0.39 is 5.95 Å². The van der Waals surface area contributed by atoms with Crippen LogP contribution in [0.5, 0.6) is 11.5 Å². The van der Waals surface area contributed by atoms with Crippen molar-refractivity contribution in [1.29, 1.82) is 0 Å². The molecule has 1 N–H and O–H groups in total. The molecule has 0 saturated carbocycles. The molecule has 3 rings (SSSR count). The molecule has 1 aromatic carbocycles. The maximum atomic E-state index is 12.9. The number of nitrogens with zero attached hydrogens (tertiary/aromatic N) is 1. The van der Waals surface area contributed by atoms with Crippen LogP contribution in [0, 0.1) is 5.95 Å². The highest BCUT2D eigenvalue weighted by Gasteiger charge is 2.11. The average molecular weight is 274 g/mol. The highest BCUT2D eigenvalue weighted by molar-refractivity contribution is 5.44. The second-order valence-electron chi connectivity index (χ2n) is 4.50. The maximum Gasteiger partial charge on any atom is 0.214 e. The molecule has 0 amide bonds. The molecule has 0 aliphatic carbocycles. The second-order valence-corrected chi connectivity index (χ2v) is 4.50. The van der Waals surface area contributed by atoms with Gasteiger partial charge in [0.25, 0.3) is 0 Å². The van der Waals surface area contributed by atoms with Crippen LogP contribution in [-0.2, 0) is 6.42 Å². The smallest absolute Gasteiger partial charge is 0.214 e. The van der Waals surface area contributed by atoms with Gasteiger partial charge in [0, 0.05) is 6.54 Å². The normalized spacial score (nSPS) is 13.1. The Hall–Kier alpha value is -2.30. The van der Waals surface area contributed by atoms with Gasteiger partial charge in [0.1, 0.15) is 19.0 Å². The molecule has 5 heteroatoms. The van der Waals surface area contributed by atoms with Gasteiger partial charge < -0.3 is 14.8 Å². The lowest BCUT2D eigenvalue weighted by atomic mass is 10.1. The van der Waals surface area contributed by atoms with Crippen molar-refractivity contribution in [2.45, 2.75) is 6.42 Å². The summed E-state index contributed by atoms with van der Waals surface area (Å²) < 4.78 is 23.9. The van der Waals surface area contributed by atoms with E-state index in [1.807, 2.05) is 18.2 Å². The fourth-order valence-corrected chi connectivity index (χ4v) is 2.08. The second kappa shape index (κ2) is 5.77. The third-order valence-corrected chi connectivity index (χ3v) is 3.04. The monoisotopic (exact) mass is 274 g/mol. The van der Waals surface area contributed by atoms with Crippen LogP contribution < -0.4 is 14.8 Å². The van der Waals surface area contributed by atoms with Crippen LogP contribution in [0.1, 0.15) is 5.56 Å². The van der Waals surface area contributed by atoms with Gasteiger partial charge >= 0.3 is 0 Å². The zero-order chi connectivity index (χ0) is 13.8. The van der Waals surface area contributed by atoms with Crippen molar-refractivity contribution >= 4 is 5.82 Å². The van der Waals surface area contributed by atoms with Gasteiger partial charge in [-0.25, -0.2) is 4.98 Å². The Morgan fingerprint density at radius 2 is 1.95 bits per heavy atom. The van der Waals surface area contributed by atoms with Gasteiger partial charge in [-0.1, -0.05) is 12.1 Å². The van der Waals surface area contributed by atoms with Crippen LogP contribution >= 0.6 is 0 Å². The first kappa shape index (κ1) is 12.7. The molecule has 0 atom stereocenters. The summed E-state index contributed by atoms with van der Waals surface area (Å²) >= 11 is 0. The molecule has 1 aliphatic rings. The van der Waals surface area contributed by atoms with Gasteiger partial charge in [-0.3, -0.25) is 0 Å². The van der Waals surface area contributed by atoms with E-state index in [9.17, 15) is 4.39 Å². The Bertz CT molecular complexity index is 604. The molecule has 0 unspecified atom stereocenters. The third kappa shape index (κ3) is 2.99. The third-order valence-electron chi connectivity index (χ3n) is 3.04. The molecule has 1 aromatic heterocycles. The van der Waals surface area contributed by atoms with Gasteiger partial charge in [0.05, 0.1) is 0 Å². The quantitative estimate of drug-likeness (QED) is 0.870. The lowest BCUT2D eigenvalue weighted by Gasteiger charge is -2.18. The van der Waals surface area contributed by atoms with Crippen molar-refractivity contribution in [3.05, 3.63) is 47.9 Å². The number of rotatable bonds is 4. The summed E-state index contributed by atoms with van der Waals surface area (Å²) in [5.74, 6) is 1.65. The van der Waals surface area contributed by atoms with E-state index in [1.54, 1.807) is 12.1 Å². The largest absolute Gasteiger partial charge is 0.486 e. The summed E-state index contributed by atoms with van der Waals surface area (Å²) in [4.78, 5) is 3.75. The Morgan fingerprint density at radius 1 is 1.10 bits per heavy atom. The van der Waals surface area contributed by atoms with Gasteiger partial charge in [-0.2, -0.15) is 4.39 Å². The molecule has 0 saturated heterocycles. The predicted molar refractivity (Wildman–Crippen MR) is 73.8 cm³/mol. The molecular formula is C15H15FN2O2. The molecule has 104 valence electrons. The summed E-state index contributed by atoms with van der Waals surface area (Å²) in [5, 5.41) is 3.09. The summed E-state index contributed by atoms with van der Waals surface area (Å²) in [6.07, 6.45) is 0.800. The fraction of sp³-hybridized carbons (Fsp3) is 0.267. The van der Waals surface area contributed by atoms with Crippen molar-refractivity contribution in [1.82, 2.24) is 4.98 Å². The Balaban J connectivity index is 1.58. The van der Waals surface area contributed by atoms with Crippen molar-refractivity contribution in [3.63, 3.8) is 0 Å². The number of benzene rings is 1. The van der Waals surface area contributed by atoms with Crippen molar-refractivity contribution < 1.29 is 13.9 Å². The summed E-state index contributed by atoms with van der Waals surface area (Å²) in [7, 11) is 0. The van der Waals surface area contributed by atoms with Gasteiger partial charge in [-0.15, -0.1) is 0 Å². The van der Waals surface area contributed by atoms with Crippen molar-refractivity contribution in [2.24, 2.45) is 0 Å². The van der Waals surface area contributed by atoms with Gasteiger partial charge in [0.2, 0.25) is 5.95 Å². The molecule has 4 nitrogen and oxygen atoms in total. The van der Waals surface area contributed by atoms with E-state index in [1.165, 1.54) is 6.07 Å². The van der Waals surface area contributed by atoms with Gasteiger partial charge in [0.15, 0.2) is 11.5 Å². The lowest BCUT2D eigenvalue weighted by Crippen LogP contribution is -2.15. The first-order valence-corrected chi connectivity index (χ1v) is 6.56. The summed E-state index contributed by atoms with van der Waals surface area (Å²) in [6, 6.07) is 10.6. The minimum absolute atomic E-state index is 0.477. The molecular weight excluding hydrogens is 259 g/mol. The number of hydrogen-bond donors (Lipinski definition) is 1. The number of fused-ring (bicyclic) bond motifs is 1. The average Bonchev–Trinajstić information content (AvgIpc) is 2.47. The van der Waals surface area contributed by atoms with Gasteiger partial charge in [-0.05, 0) is 36.2 Å². The van der Waals surface area contributed by atoms with Crippen LogP contribution in [0.4, 0.5) is 10.2 Å². The molecule has 0 spiro atoms. The molecule has 1 aliphatic heterocycles. The maximum absolute atomic E-state index is 12.9. The Morgan fingerprint density at radius 3 is 2.80 bits per heavy atom. The van der Waals surface area contributed by atoms with Crippen LogP contribution in [0.25, 0.3) is 0 Å². The van der Waals surface area contributed by atoms with Crippen LogP contribution in [0.15, 0.2) is 36.4 Å². The van der Waals surface area contributed by atoms with E-state index >= 15 is 0 Å². The standard InChI is InChI=1S/C15H15FN2O2/c16-14-2-1-3-15(18-14)17-7-6-11-4-5-12-13(10-11)20-9-8-19-12/h1-5,10H,6-9H2,(H,17,18). The zero-order valence-corrected chi connectivity index (χ0v) is 10.9.